The maximum atomic E-state index is 10.9. The lowest BCUT2D eigenvalue weighted by Crippen LogP contribution is -2.48. The highest BCUT2D eigenvalue weighted by molar-refractivity contribution is 6.03. The van der Waals surface area contributed by atoms with E-state index in [-0.39, 0.29) is 23.7 Å². The van der Waals surface area contributed by atoms with E-state index >= 15 is 0 Å². The fourth-order valence-corrected chi connectivity index (χ4v) is 2.39. The number of benzene rings is 1. The normalized spacial score (nSPS) is 23.1. The number of nitro groups is 1. The molecule has 114 valence electrons. The molecule has 21 heavy (non-hydrogen) atoms. The predicted molar refractivity (Wildman–Crippen MR) is 77.8 cm³/mol. The first-order valence-electron chi connectivity index (χ1n) is 6.58. The topological polar surface area (TPSA) is 114 Å². The number of oxime groups is 1. The quantitative estimate of drug-likeness (QED) is 0.285. The Kier molecular flexibility index (Phi) is 4.27. The Morgan fingerprint density at radius 3 is 2.90 bits per heavy atom. The number of nitrogens with zero attached hydrogens (tertiary/aromatic N) is 3. The van der Waals surface area contributed by atoms with E-state index in [0.717, 1.165) is 0 Å². The number of hydrogen-bond acceptors (Lipinski definition) is 6. The first kappa shape index (κ1) is 15.0. The van der Waals surface area contributed by atoms with E-state index in [9.17, 15) is 10.1 Å². The van der Waals surface area contributed by atoms with E-state index < -0.39 is 4.92 Å². The number of morpholine rings is 1. The molecule has 0 radical (unpaired) electrons. The lowest BCUT2D eigenvalue weighted by molar-refractivity contribution is -0.384. The minimum Gasteiger partial charge on any atom is -0.409 e. The monoisotopic (exact) mass is 294 g/mol. The Bertz CT molecular complexity index is 575. The molecular weight excluding hydrogens is 276 g/mol. The third-order valence-electron chi connectivity index (χ3n) is 3.49. The van der Waals surface area contributed by atoms with Crippen molar-refractivity contribution in [3.63, 3.8) is 0 Å². The van der Waals surface area contributed by atoms with Gasteiger partial charge in [-0.2, -0.15) is 0 Å². The lowest BCUT2D eigenvalue weighted by Gasteiger charge is -2.39. The Hall–Kier alpha value is -2.35. The molecule has 2 atom stereocenters. The van der Waals surface area contributed by atoms with Crippen molar-refractivity contribution in [2.45, 2.75) is 26.0 Å². The summed E-state index contributed by atoms with van der Waals surface area (Å²) >= 11 is 0. The number of hydrogen-bond donors (Lipinski definition) is 2. The van der Waals surface area contributed by atoms with Crippen molar-refractivity contribution in [3.8, 4) is 0 Å². The van der Waals surface area contributed by atoms with Crippen LogP contribution in [0.15, 0.2) is 23.4 Å². The van der Waals surface area contributed by atoms with Gasteiger partial charge >= 0.3 is 0 Å². The van der Waals surface area contributed by atoms with Crippen LogP contribution in [-0.2, 0) is 4.74 Å². The van der Waals surface area contributed by atoms with E-state index in [4.69, 9.17) is 15.7 Å². The van der Waals surface area contributed by atoms with Gasteiger partial charge in [-0.05, 0) is 19.9 Å². The van der Waals surface area contributed by atoms with Gasteiger partial charge in [-0.25, -0.2) is 0 Å². The summed E-state index contributed by atoms with van der Waals surface area (Å²) in [5.74, 6) is -0.153. The highest BCUT2D eigenvalue weighted by Crippen LogP contribution is 2.29. The van der Waals surface area contributed by atoms with E-state index in [0.29, 0.717) is 24.4 Å². The second kappa shape index (κ2) is 5.96. The average Bonchev–Trinajstić information content (AvgIpc) is 2.48. The highest BCUT2D eigenvalue weighted by Gasteiger charge is 2.27. The summed E-state index contributed by atoms with van der Waals surface area (Å²) in [5.41, 5.74) is 6.60. The molecule has 0 bridgehead atoms. The molecule has 1 heterocycles. The summed E-state index contributed by atoms with van der Waals surface area (Å²) in [6.45, 7) is 5.12. The van der Waals surface area contributed by atoms with Gasteiger partial charge in [-0.3, -0.25) is 10.1 Å². The second-order valence-corrected chi connectivity index (χ2v) is 5.09. The van der Waals surface area contributed by atoms with Crippen molar-refractivity contribution in [2.75, 3.05) is 18.1 Å². The van der Waals surface area contributed by atoms with Crippen LogP contribution in [0.4, 0.5) is 11.4 Å². The summed E-state index contributed by atoms with van der Waals surface area (Å²) in [5, 5.41) is 22.8. The molecule has 1 aromatic rings. The van der Waals surface area contributed by atoms with Crippen LogP contribution in [0.25, 0.3) is 0 Å². The standard InChI is InChI=1S/C13H18N4O4/c1-8-7-21-9(2)6-16(8)12-4-3-10(17(19)20)5-11(12)13(14)15-18/h3-5,8-9,18H,6-7H2,1-2H3,(H2,14,15). The molecule has 1 saturated heterocycles. The van der Waals surface area contributed by atoms with E-state index in [1.54, 1.807) is 6.07 Å². The van der Waals surface area contributed by atoms with Gasteiger partial charge in [-0.15, -0.1) is 0 Å². The molecule has 0 aromatic heterocycles. The fourth-order valence-electron chi connectivity index (χ4n) is 2.39. The van der Waals surface area contributed by atoms with Crippen molar-refractivity contribution in [1.82, 2.24) is 0 Å². The van der Waals surface area contributed by atoms with Crippen LogP contribution in [-0.4, -0.2) is 41.3 Å². The number of rotatable bonds is 3. The minimum absolute atomic E-state index is 0.0385. The molecule has 1 aromatic carbocycles. The molecular formula is C13H18N4O4. The zero-order valence-electron chi connectivity index (χ0n) is 11.9. The molecule has 0 saturated carbocycles. The number of amidine groups is 1. The van der Waals surface area contributed by atoms with Crippen molar-refractivity contribution < 1.29 is 14.9 Å². The van der Waals surface area contributed by atoms with Crippen LogP contribution in [0.5, 0.6) is 0 Å². The maximum absolute atomic E-state index is 10.9. The van der Waals surface area contributed by atoms with Crippen molar-refractivity contribution >= 4 is 17.2 Å². The Balaban J connectivity index is 2.49. The van der Waals surface area contributed by atoms with Crippen LogP contribution in [0, 0.1) is 10.1 Å². The molecule has 1 aliphatic heterocycles. The second-order valence-electron chi connectivity index (χ2n) is 5.09. The smallest absolute Gasteiger partial charge is 0.270 e. The number of non-ortho nitro benzene ring substituents is 1. The van der Waals surface area contributed by atoms with E-state index in [1.165, 1.54) is 12.1 Å². The van der Waals surface area contributed by atoms with Gasteiger partial charge in [0.25, 0.3) is 5.69 Å². The maximum Gasteiger partial charge on any atom is 0.270 e. The minimum atomic E-state index is -0.511. The number of nitro benzene ring substituents is 1. The molecule has 0 aliphatic carbocycles. The lowest BCUT2D eigenvalue weighted by atomic mass is 10.1. The van der Waals surface area contributed by atoms with Crippen molar-refractivity contribution in [3.05, 3.63) is 33.9 Å². The summed E-state index contributed by atoms with van der Waals surface area (Å²) in [6, 6.07) is 4.45. The first-order chi connectivity index (χ1) is 9.93. The number of ether oxygens (including phenoxy) is 1. The Morgan fingerprint density at radius 2 is 2.29 bits per heavy atom. The van der Waals surface area contributed by atoms with Crippen LogP contribution in [0.3, 0.4) is 0 Å². The predicted octanol–water partition coefficient (Wildman–Crippen LogP) is 1.30. The summed E-state index contributed by atoms with van der Waals surface area (Å²) in [4.78, 5) is 12.4. The van der Waals surface area contributed by atoms with Crippen LogP contribution in [0.2, 0.25) is 0 Å². The molecule has 1 aliphatic rings. The van der Waals surface area contributed by atoms with Gasteiger partial charge in [0.1, 0.15) is 0 Å². The third-order valence-corrected chi connectivity index (χ3v) is 3.49. The van der Waals surface area contributed by atoms with Gasteiger partial charge in [0.05, 0.1) is 23.2 Å². The summed E-state index contributed by atoms with van der Waals surface area (Å²) in [7, 11) is 0. The largest absolute Gasteiger partial charge is 0.409 e. The number of anilines is 1. The van der Waals surface area contributed by atoms with Crippen LogP contribution in [0.1, 0.15) is 19.4 Å². The van der Waals surface area contributed by atoms with Crippen molar-refractivity contribution in [2.24, 2.45) is 10.9 Å². The van der Waals surface area contributed by atoms with Gasteiger partial charge < -0.3 is 20.6 Å². The first-order valence-corrected chi connectivity index (χ1v) is 6.58. The SMILES string of the molecule is CC1CN(c2ccc([N+](=O)[O-])cc2C(N)=NO)C(C)CO1. The van der Waals surface area contributed by atoms with E-state index in [1.807, 2.05) is 18.7 Å². The molecule has 0 spiro atoms. The molecule has 8 heteroatoms. The number of nitrogens with two attached hydrogens (primary N) is 1. The highest BCUT2D eigenvalue weighted by atomic mass is 16.6. The zero-order valence-corrected chi connectivity index (χ0v) is 11.9. The molecule has 0 amide bonds. The van der Waals surface area contributed by atoms with Crippen molar-refractivity contribution in [1.29, 1.82) is 0 Å². The van der Waals surface area contributed by atoms with Gasteiger partial charge in [-0.1, -0.05) is 5.16 Å². The van der Waals surface area contributed by atoms with Crippen LogP contribution >= 0.6 is 0 Å². The summed E-state index contributed by atoms with van der Waals surface area (Å²) < 4.78 is 5.57. The Labute approximate surface area is 121 Å². The summed E-state index contributed by atoms with van der Waals surface area (Å²) in [6.07, 6.45) is 0.0385. The molecule has 3 N–H and O–H groups in total. The average molecular weight is 294 g/mol. The third kappa shape index (κ3) is 3.05. The molecule has 2 unspecified atom stereocenters. The Morgan fingerprint density at radius 1 is 1.57 bits per heavy atom. The van der Waals surface area contributed by atoms with E-state index in [2.05, 4.69) is 5.16 Å². The van der Waals surface area contributed by atoms with Gasteiger partial charge in [0, 0.05) is 30.4 Å². The van der Waals surface area contributed by atoms with Gasteiger partial charge in [0.2, 0.25) is 0 Å². The fraction of sp³-hybridized carbons (Fsp3) is 0.462. The molecule has 2 rings (SSSR count). The zero-order chi connectivity index (χ0) is 15.6. The molecule has 8 nitrogen and oxygen atoms in total. The van der Waals surface area contributed by atoms with Crippen LogP contribution < -0.4 is 10.6 Å². The molecule has 1 fully saturated rings. The van der Waals surface area contributed by atoms with Gasteiger partial charge in [0.15, 0.2) is 5.84 Å².